The van der Waals surface area contributed by atoms with Crippen LogP contribution in [-0.2, 0) is 0 Å². The van der Waals surface area contributed by atoms with Gasteiger partial charge in [-0.1, -0.05) is 24.8 Å². The topological polar surface area (TPSA) is 27.7 Å². The van der Waals surface area contributed by atoms with Gasteiger partial charge in [0.15, 0.2) is 0 Å². The van der Waals surface area contributed by atoms with Crippen molar-refractivity contribution in [2.24, 2.45) is 0 Å². The Morgan fingerprint density at radius 2 is 1.38 bits per heavy atom. The number of rotatable bonds is 7. The highest BCUT2D eigenvalue weighted by atomic mass is 16.7. The van der Waals surface area contributed by atoms with Gasteiger partial charge in [0.1, 0.15) is 17.2 Å². The number of hydrogen-bond acceptors (Lipinski definition) is 3. The van der Waals surface area contributed by atoms with E-state index < -0.39 is 0 Å². The minimum Gasteiger partial charge on any atom is -0.494 e. The highest BCUT2D eigenvalue weighted by Crippen LogP contribution is 2.20. The Morgan fingerprint density at radius 3 is 1.86 bits per heavy atom. The molecule has 2 aromatic rings. The van der Waals surface area contributed by atoms with Gasteiger partial charge in [-0.05, 0) is 48.9 Å². The average Bonchev–Trinajstić information content (AvgIpc) is 2.50. The summed E-state index contributed by atoms with van der Waals surface area (Å²) in [5, 5.41) is 0. The van der Waals surface area contributed by atoms with Crippen LogP contribution >= 0.6 is 0 Å². The van der Waals surface area contributed by atoms with E-state index in [9.17, 15) is 0 Å². The van der Waals surface area contributed by atoms with E-state index in [-0.39, 0.29) is 6.29 Å². The molecule has 0 aliphatic rings. The maximum Gasteiger partial charge on any atom is 0.238 e. The number of ether oxygens (including phenoxy) is 3. The molecule has 110 valence electrons. The van der Waals surface area contributed by atoms with Crippen molar-refractivity contribution in [3.8, 4) is 17.2 Å². The van der Waals surface area contributed by atoms with Gasteiger partial charge < -0.3 is 14.2 Å². The summed E-state index contributed by atoms with van der Waals surface area (Å²) in [4.78, 5) is 0. The van der Waals surface area contributed by atoms with Gasteiger partial charge in [-0.2, -0.15) is 0 Å². The van der Waals surface area contributed by atoms with Crippen LogP contribution in [0, 0.1) is 0 Å². The van der Waals surface area contributed by atoms with E-state index in [4.69, 9.17) is 14.2 Å². The van der Waals surface area contributed by atoms with Crippen LogP contribution < -0.4 is 14.2 Å². The van der Waals surface area contributed by atoms with Crippen LogP contribution in [0.3, 0.4) is 0 Å². The second-order valence-electron chi connectivity index (χ2n) is 4.48. The largest absolute Gasteiger partial charge is 0.494 e. The van der Waals surface area contributed by atoms with Crippen molar-refractivity contribution in [2.75, 3.05) is 6.61 Å². The van der Waals surface area contributed by atoms with E-state index in [0.29, 0.717) is 6.61 Å². The predicted molar refractivity (Wildman–Crippen MR) is 84.9 cm³/mol. The lowest BCUT2D eigenvalue weighted by atomic mass is 10.2. The van der Waals surface area contributed by atoms with Gasteiger partial charge in [0.05, 0.1) is 6.61 Å². The molecule has 0 amide bonds. The van der Waals surface area contributed by atoms with Gasteiger partial charge in [0.2, 0.25) is 6.29 Å². The number of hydrogen-bond donors (Lipinski definition) is 0. The van der Waals surface area contributed by atoms with Crippen LogP contribution in [0.1, 0.15) is 19.4 Å². The molecule has 0 bridgehead atoms. The van der Waals surface area contributed by atoms with Gasteiger partial charge in [-0.25, -0.2) is 0 Å². The molecule has 21 heavy (non-hydrogen) atoms. The van der Waals surface area contributed by atoms with E-state index in [1.54, 1.807) is 6.08 Å². The van der Waals surface area contributed by atoms with Crippen LogP contribution in [0.25, 0.3) is 6.08 Å². The Hall–Kier alpha value is -2.42. The summed E-state index contributed by atoms with van der Waals surface area (Å²) in [5.41, 5.74) is 1.06. The lowest BCUT2D eigenvalue weighted by molar-refractivity contribution is 0.0222. The van der Waals surface area contributed by atoms with E-state index in [1.165, 1.54) is 0 Å². The molecule has 0 spiro atoms. The zero-order valence-electron chi connectivity index (χ0n) is 12.4. The smallest absolute Gasteiger partial charge is 0.238 e. The van der Waals surface area contributed by atoms with E-state index in [1.807, 2.05) is 62.4 Å². The Labute approximate surface area is 125 Å². The SMILES string of the molecule is C=Cc1ccc(OC(C)Oc2ccc(OCC)cc2)cc1. The lowest BCUT2D eigenvalue weighted by Gasteiger charge is -2.17. The molecule has 1 unspecified atom stereocenters. The molecule has 0 saturated carbocycles. The summed E-state index contributed by atoms with van der Waals surface area (Å²) in [5.74, 6) is 2.34. The normalized spacial score (nSPS) is 11.5. The Kier molecular flexibility index (Phi) is 5.27. The number of benzene rings is 2. The molecule has 2 aromatic carbocycles. The first-order chi connectivity index (χ1) is 10.2. The zero-order chi connectivity index (χ0) is 15.1. The van der Waals surface area contributed by atoms with Gasteiger partial charge >= 0.3 is 0 Å². The molecule has 0 fully saturated rings. The summed E-state index contributed by atoms with van der Waals surface area (Å²) in [6, 6.07) is 15.2. The predicted octanol–water partition coefficient (Wildman–Crippen LogP) is 4.53. The molecule has 3 heteroatoms. The molecule has 0 radical (unpaired) electrons. The Morgan fingerprint density at radius 1 is 0.905 bits per heavy atom. The Bertz CT molecular complexity index is 558. The first kappa shape index (κ1) is 15.0. The van der Waals surface area contributed by atoms with Crippen molar-refractivity contribution in [3.63, 3.8) is 0 Å². The highest BCUT2D eigenvalue weighted by molar-refractivity contribution is 5.48. The van der Waals surface area contributed by atoms with Crippen molar-refractivity contribution in [1.82, 2.24) is 0 Å². The molecule has 0 aliphatic heterocycles. The minimum atomic E-state index is -0.377. The molecule has 2 rings (SSSR count). The quantitative estimate of drug-likeness (QED) is 0.699. The van der Waals surface area contributed by atoms with Crippen molar-refractivity contribution in [2.45, 2.75) is 20.1 Å². The van der Waals surface area contributed by atoms with Gasteiger partial charge in [0.25, 0.3) is 0 Å². The van der Waals surface area contributed by atoms with Crippen LogP contribution in [-0.4, -0.2) is 12.9 Å². The molecular weight excluding hydrogens is 264 g/mol. The van der Waals surface area contributed by atoms with Gasteiger partial charge in [-0.15, -0.1) is 0 Å². The van der Waals surface area contributed by atoms with Crippen LogP contribution in [0.15, 0.2) is 55.1 Å². The molecular formula is C18H20O3. The summed E-state index contributed by atoms with van der Waals surface area (Å²) in [6.07, 6.45) is 1.42. The average molecular weight is 284 g/mol. The Balaban J connectivity index is 1.90. The van der Waals surface area contributed by atoms with Crippen LogP contribution in [0.4, 0.5) is 0 Å². The standard InChI is InChI=1S/C18H20O3/c1-4-15-6-8-17(9-7-15)20-14(3)21-18-12-10-16(11-13-18)19-5-2/h4,6-14H,1,5H2,2-3H3. The minimum absolute atomic E-state index is 0.377. The summed E-state index contributed by atoms with van der Waals surface area (Å²) in [6.45, 7) is 8.19. The molecule has 0 aliphatic carbocycles. The van der Waals surface area contributed by atoms with Gasteiger partial charge in [0, 0.05) is 6.92 Å². The van der Waals surface area contributed by atoms with Gasteiger partial charge in [-0.3, -0.25) is 0 Å². The summed E-state index contributed by atoms with van der Waals surface area (Å²) >= 11 is 0. The lowest BCUT2D eigenvalue weighted by Crippen LogP contribution is -2.19. The monoisotopic (exact) mass is 284 g/mol. The fourth-order valence-electron chi connectivity index (χ4n) is 1.87. The molecule has 1 atom stereocenters. The highest BCUT2D eigenvalue weighted by Gasteiger charge is 2.06. The van der Waals surface area contributed by atoms with Crippen molar-refractivity contribution in [1.29, 1.82) is 0 Å². The van der Waals surface area contributed by atoms with Crippen LogP contribution in [0.2, 0.25) is 0 Å². The van der Waals surface area contributed by atoms with Crippen molar-refractivity contribution >= 4 is 6.08 Å². The summed E-state index contributed by atoms with van der Waals surface area (Å²) in [7, 11) is 0. The summed E-state index contributed by atoms with van der Waals surface area (Å²) < 4.78 is 16.8. The maximum atomic E-state index is 5.71. The fraction of sp³-hybridized carbons (Fsp3) is 0.222. The third-order valence-corrected chi connectivity index (χ3v) is 2.85. The zero-order valence-corrected chi connectivity index (χ0v) is 12.4. The molecule has 0 N–H and O–H groups in total. The van der Waals surface area contributed by atoms with Crippen LogP contribution in [0.5, 0.6) is 17.2 Å². The third kappa shape index (κ3) is 4.56. The molecule has 0 heterocycles. The second-order valence-corrected chi connectivity index (χ2v) is 4.48. The molecule has 0 saturated heterocycles. The maximum absolute atomic E-state index is 5.71. The van der Waals surface area contributed by atoms with E-state index in [0.717, 1.165) is 22.8 Å². The van der Waals surface area contributed by atoms with E-state index in [2.05, 4.69) is 6.58 Å². The van der Waals surface area contributed by atoms with E-state index >= 15 is 0 Å². The molecule has 0 aromatic heterocycles. The first-order valence-corrected chi connectivity index (χ1v) is 7.00. The fourth-order valence-corrected chi connectivity index (χ4v) is 1.87. The van der Waals surface area contributed by atoms with Crippen molar-refractivity contribution < 1.29 is 14.2 Å². The van der Waals surface area contributed by atoms with Crippen molar-refractivity contribution in [3.05, 3.63) is 60.7 Å². The third-order valence-electron chi connectivity index (χ3n) is 2.85. The second kappa shape index (κ2) is 7.39. The first-order valence-electron chi connectivity index (χ1n) is 7.00. The molecule has 3 nitrogen and oxygen atoms in total.